The quantitative estimate of drug-likeness (QED) is 0.503. The first kappa shape index (κ1) is 17.1. The van der Waals surface area contributed by atoms with Gasteiger partial charge in [0.2, 0.25) is 0 Å². The Morgan fingerprint density at radius 3 is 2.70 bits per heavy atom. The van der Waals surface area contributed by atoms with Crippen molar-refractivity contribution in [3.05, 3.63) is 89.2 Å². The van der Waals surface area contributed by atoms with Gasteiger partial charge in [-0.2, -0.15) is 0 Å². The van der Waals surface area contributed by atoms with E-state index in [0.717, 1.165) is 17.6 Å². The van der Waals surface area contributed by atoms with Crippen LogP contribution in [0.1, 0.15) is 15.9 Å². The SMILES string of the molecule is O=C(O)c1cc(Cl)ccc1Nc1cnc2c(ccn2Cc2ccccc2)c1. The largest absolute Gasteiger partial charge is 0.478 e. The monoisotopic (exact) mass is 377 g/mol. The van der Waals surface area contributed by atoms with E-state index in [2.05, 4.69) is 27.0 Å². The van der Waals surface area contributed by atoms with Gasteiger partial charge >= 0.3 is 5.97 Å². The van der Waals surface area contributed by atoms with E-state index in [1.165, 1.54) is 11.6 Å². The third-order valence-electron chi connectivity index (χ3n) is 4.29. The number of anilines is 2. The number of fused-ring (bicyclic) bond motifs is 1. The molecular formula is C21H16ClN3O2. The fraction of sp³-hybridized carbons (Fsp3) is 0.0476. The molecule has 0 saturated heterocycles. The number of rotatable bonds is 5. The van der Waals surface area contributed by atoms with Crippen LogP contribution in [0.3, 0.4) is 0 Å². The molecule has 0 aliphatic heterocycles. The van der Waals surface area contributed by atoms with Crippen LogP contribution >= 0.6 is 11.6 Å². The number of benzene rings is 2. The Morgan fingerprint density at radius 2 is 1.93 bits per heavy atom. The van der Waals surface area contributed by atoms with Crippen molar-refractivity contribution in [3.8, 4) is 0 Å². The topological polar surface area (TPSA) is 67.2 Å². The number of carboxylic acid groups (broad SMARTS) is 1. The molecule has 2 aromatic carbocycles. The molecule has 2 N–H and O–H groups in total. The summed E-state index contributed by atoms with van der Waals surface area (Å²) in [5.74, 6) is -1.04. The number of pyridine rings is 1. The minimum absolute atomic E-state index is 0.115. The fourth-order valence-electron chi connectivity index (χ4n) is 3.01. The molecule has 0 aliphatic rings. The predicted molar refractivity (Wildman–Crippen MR) is 107 cm³/mol. The Bertz CT molecular complexity index is 1120. The number of hydrogen-bond acceptors (Lipinski definition) is 3. The average Bonchev–Trinajstić information content (AvgIpc) is 3.06. The van der Waals surface area contributed by atoms with Crippen molar-refractivity contribution < 1.29 is 9.90 Å². The van der Waals surface area contributed by atoms with Gasteiger partial charge in [0.25, 0.3) is 0 Å². The van der Waals surface area contributed by atoms with E-state index in [4.69, 9.17) is 11.6 Å². The van der Waals surface area contributed by atoms with E-state index in [9.17, 15) is 9.90 Å². The van der Waals surface area contributed by atoms with Gasteiger partial charge in [0.1, 0.15) is 5.65 Å². The van der Waals surface area contributed by atoms with Crippen LogP contribution in [0.4, 0.5) is 11.4 Å². The molecule has 0 aliphatic carbocycles. The van der Waals surface area contributed by atoms with Crippen LogP contribution in [-0.4, -0.2) is 20.6 Å². The lowest BCUT2D eigenvalue weighted by Crippen LogP contribution is -2.03. The van der Waals surface area contributed by atoms with Crippen molar-refractivity contribution in [2.45, 2.75) is 6.54 Å². The molecule has 4 rings (SSSR count). The molecule has 6 heteroatoms. The van der Waals surface area contributed by atoms with Gasteiger partial charge in [-0.05, 0) is 35.9 Å². The number of carbonyl (C=O) groups is 1. The highest BCUT2D eigenvalue weighted by atomic mass is 35.5. The lowest BCUT2D eigenvalue weighted by molar-refractivity contribution is 0.0698. The van der Waals surface area contributed by atoms with Crippen LogP contribution in [0, 0.1) is 0 Å². The van der Waals surface area contributed by atoms with E-state index in [1.807, 2.05) is 36.5 Å². The summed E-state index contributed by atoms with van der Waals surface area (Å²) < 4.78 is 2.08. The van der Waals surface area contributed by atoms with Crippen molar-refractivity contribution in [2.75, 3.05) is 5.32 Å². The van der Waals surface area contributed by atoms with Gasteiger partial charge in [-0.3, -0.25) is 0 Å². The summed E-state index contributed by atoms with van der Waals surface area (Å²) in [4.78, 5) is 16.0. The first-order chi connectivity index (χ1) is 13.1. The summed E-state index contributed by atoms with van der Waals surface area (Å²) in [5, 5.41) is 13.8. The molecule has 0 amide bonds. The minimum Gasteiger partial charge on any atom is -0.478 e. The van der Waals surface area contributed by atoms with Crippen molar-refractivity contribution in [1.82, 2.24) is 9.55 Å². The number of hydrogen-bond donors (Lipinski definition) is 2. The summed E-state index contributed by atoms with van der Waals surface area (Å²) in [6.45, 7) is 0.741. The minimum atomic E-state index is -1.04. The van der Waals surface area contributed by atoms with Gasteiger partial charge in [0.15, 0.2) is 0 Å². The number of nitrogens with one attached hydrogen (secondary N) is 1. The Hall–Kier alpha value is -3.31. The van der Waals surface area contributed by atoms with Gasteiger partial charge in [0.05, 0.1) is 23.1 Å². The van der Waals surface area contributed by atoms with E-state index in [0.29, 0.717) is 16.4 Å². The summed E-state index contributed by atoms with van der Waals surface area (Å²) in [7, 11) is 0. The zero-order valence-corrected chi connectivity index (χ0v) is 15.0. The van der Waals surface area contributed by atoms with Crippen molar-refractivity contribution in [3.63, 3.8) is 0 Å². The van der Waals surface area contributed by atoms with E-state index in [1.54, 1.807) is 18.3 Å². The van der Waals surface area contributed by atoms with Gasteiger partial charge in [-0.1, -0.05) is 41.9 Å². The molecule has 0 atom stereocenters. The highest BCUT2D eigenvalue weighted by Gasteiger charge is 2.12. The molecule has 2 heterocycles. The summed E-state index contributed by atoms with van der Waals surface area (Å²) in [6, 6.07) is 18.9. The van der Waals surface area contributed by atoms with Gasteiger partial charge < -0.3 is 15.0 Å². The van der Waals surface area contributed by atoms with Crippen molar-refractivity contribution in [1.29, 1.82) is 0 Å². The van der Waals surface area contributed by atoms with Crippen molar-refractivity contribution in [2.24, 2.45) is 0 Å². The highest BCUT2D eigenvalue weighted by molar-refractivity contribution is 6.31. The predicted octanol–water partition coefficient (Wildman–Crippen LogP) is 5.18. The fourth-order valence-corrected chi connectivity index (χ4v) is 3.18. The Balaban J connectivity index is 1.63. The van der Waals surface area contributed by atoms with E-state index < -0.39 is 5.97 Å². The standard InChI is InChI=1S/C21H16ClN3O2/c22-16-6-7-19(18(11-16)21(26)27)24-17-10-15-8-9-25(20(15)23-12-17)13-14-4-2-1-3-5-14/h1-12,24H,13H2,(H,26,27). The van der Waals surface area contributed by atoms with Crippen LogP contribution in [0.25, 0.3) is 11.0 Å². The van der Waals surface area contributed by atoms with Crippen LogP contribution in [0.2, 0.25) is 5.02 Å². The smallest absolute Gasteiger partial charge is 0.337 e. The molecule has 0 fully saturated rings. The Kier molecular flexibility index (Phi) is 4.52. The Morgan fingerprint density at radius 1 is 1.11 bits per heavy atom. The summed E-state index contributed by atoms with van der Waals surface area (Å²) in [6.07, 6.45) is 3.70. The maximum absolute atomic E-state index is 11.4. The molecule has 27 heavy (non-hydrogen) atoms. The van der Waals surface area contributed by atoms with Gasteiger partial charge in [-0.15, -0.1) is 0 Å². The summed E-state index contributed by atoms with van der Waals surface area (Å²) >= 11 is 5.91. The second-order valence-electron chi connectivity index (χ2n) is 6.19. The molecule has 0 saturated carbocycles. The van der Waals surface area contributed by atoms with Crippen molar-refractivity contribution >= 4 is 40.0 Å². The number of nitrogens with zero attached hydrogens (tertiary/aromatic N) is 2. The Labute approximate surface area is 160 Å². The van der Waals surface area contributed by atoms with Gasteiger partial charge in [0, 0.05) is 23.2 Å². The maximum Gasteiger partial charge on any atom is 0.337 e. The zero-order chi connectivity index (χ0) is 18.8. The molecular weight excluding hydrogens is 362 g/mol. The molecule has 0 radical (unpaired) electrons. The van der Waals surface area contributed by atoms with Crippen LogP contribution < -0.4 is 5.32 Å². The van der Waals surface area contributed by atoms with Gasteiger partial charge in [-0.25, -0.2) is 9.78 Å². The lowest BCUT2D eigenvalue weighted by Gasteiger charge is -2.10. The lowest BCUT2D eigenvalue weighted by atomic mass is 10.1. The average molecular weight is 378 g/mol. The molecule has 4 aromatic rings. The number of aromatic carboxylic acids is 1. The molecule has 5 nitrogen and oxygen atoms in total. The molecule has 134 valence electrons. The second-order valence-corrected chi connectivity index (χ2v) is 6.62. The molecule has 0 unspecified atom stereocenters. The third kappa shape index (κ3) is 3.64. The maximum atomic E-state index is 11.4. The molecule has 0 spiro atoms. The summed E-state index contributed by atoms with van der Waals surface area (Å²) in [5.41, 5.74) is 3.37. The first-order valence-electron chi connectivity index (χ1n) is 8.39. The van der Waals surface area contributed by atoms with Crippen LogP contribution in [0.15, 0.2) is 73.1 Å². The number of halogens is 1. The van der Waals surface area contributed by atoms with Crippen LogP contribution in [-0.2, 0) is 6.54 Å². The van der Waals surface area contributed by atoms with Crippen LogP contribution in [0.5, 0.6) is 0 Å². The molecule has 0 bridgehead atoms. The second kappa shape index (κ2) is 7.13. The normalized spacial score (nSPS) is 10.9. The number of carboxylic acids is 1. The molecule has 2 aromatic heterocycles. The van der Waals surface area contributed by atoms with E-state index in [-0.39, 0.29) is 5.56 Å². The number of aromatic nitrogens is 2. The first-order valence-corrected chi connectivity index (χ1v) is 8.76. The highest BCUT2D eigenvalue weighted by Crippen LogP contribution is 2.26. The zero-order valence-electron chi connectivity index (χ0n) is 14.3. The third-order valence-corrected chi connectivity index (χ3v) is 4.52. The van der Waals surface area contributed by atoms with E-state index >= 15 is 0 Å².